The van der Waals surface area contributed by atoms with Gasteiger partial charge in [-0.3, -0.25) is 9.59 Å². The van der Waals surface area contributed by atoms with Crippen LogP contribution in [0.3, 0.4) is 0 Å². The standard InChI is InChI=1S/C16H20N2O5/c1-9-12-10(3-2-4-11(12)19)17-13(9)14(20)18-7-5-16(23,6-8-18)15(21)22/h17,23H,2-8H2,1H3,(H,21,22). The van der Waals surface area contributed by atoms with E-state index in [0.29, 0.717) is 23.2 Å². The molecule has 3 rings (SSSR count). The van der Waals surface area contributed by atoms with Crippen molar-refractivity contribution in [2.45, 2.75) is 44.6 Å². The summed E-state index contributed by atoms with van der Waals surface area (Å²) in [5.74, 6) is -1.42. The van der Waals surface area contributed by atoms with Crippen molar-refractivity contribution in [1.29, 1.82) is 0 Å². The maximum Gasteiger partial charge on any atom is 0.335 e. The van der Waals surface area contributed by atoms with Crippen LogP contribution in [0.2, 0.25) is 0 Å². The molecule has 1 aromatic rings. The molecular weight excluding hydrogens is 300 g/mol. The molecule has 1 saturated heterocycles. The minimum Gasteiger partial charge on any atom is -0.479 e. The second-order valence-corrected chi connectivity index (χ2v) is 6.38. The number of aliphatic carboxylic acids is 1. The van der Waals surface area contributed by atoms with Crippen molar-refractivity contribution in [3.63, 3.8) is 0 Å². The molecule has 0 unspecified atom stereocenters. The number of fused-ring (bicyclic) bond motifs is 1. The van der Waals surface area contributed by atoms with E-state index in [0.717, 1.165) is 18.5 Å². The Hall–Kier alpha value is -2.15. The lowest BCUT2D eigenvalue weighted by Crippen LogP contribution is -2.51. The van der Waals surface area contributed by atoms with Crippen LogP contribution in [0.25, 0.3) is 0 Å². The summed E-state index contributed by atoms with van der Waals surface area (Å²) in [6.07, 6.45) is 2.07. The van der Waals surface area contributed by atoms with Crippen LogP contribution in [0.5, 0.6) is 0 Å². The quantitative estimate of drug-likeness (QED) is 0.749. The zero-order valence-electron chi connectivity index (χ0n) is 13.0. The van der Waals surface area contributed by atoms with Crippen molar-refractivity contribution < 1.29 is 24.6 Å². The number of carbonyl (C=O) groups is 3. The predicted octanol–water partition coefficient (Wildman–Crippen LogP) is 0.894. The van der Waals surface area contributed by atoms with Gasteiger partial charge in [-0.2, -0.15) is 0 Å². The van der Waals surface area contributed by atoms with E-state index < -0.39 is 11.6 Å². The number of nitrogens with one attached hydrogen (secondary N) is 1. The van der Waals surface area contributed by atoms with Gasteiger partial charge in [0, 0.05) is 43.6 Å². The summed E-state index contributed by atoms with van der Waals surface area (Å²) in [7, 11) is 0. The number of hydrogen-bond acceptors (Lipinski definition) is 4. The van der Waals surface area contributed by atoms with Crippen LogP contribution < -0.4 is 0 Å². The van der Waals surface area contributed by atoms with E-state index in [9.17, 15) is 19.5 Å². The maximum atomic E-state index is 12.7. The van der Waals surface area contributed by atoms with Crippen LogP contribution in [-0.2, 0) is 11.2 Å². The van der Waals surface area contributed by atoms with Gasteiger partial charge in [0.05, 0.1) is 0 Å². The van der Waals surface area contributed by atoms with Crippen molar-refractivity contribution in [2.75, 3.05) is 13.1 Å². The molecule has 0 saturated carbocycles. The number of aromatic nitrogens is 1. The molecule has 0 bridgehead atoms. The molecule has 3 N–H and O–H groups in total. The highest BCUT2D eigenvalue weighted by Gasteiger charge is 2.41. The largest absolute Gasteiger partial charge is 0.479 e. The molecule has 0 spiro atoms. The Morgan fingerprint density at radius 2 is 1.87 bits per heavy atom. The zero-order chi connectivity index (χ0) is 16.8. The van der Waals surface area contributed by atoms with Gasteiger partial charge in [0.2, 0.25) is 0 Å². The first-order chi connectivity index (χ1) is 10.8. The van der Waals surface area contributed by atoms with E-state index in [-0.39, 0.29) is 37.6 Å². The number of hydrogen-bond donors (Lipinski definition) is 3. The third kappa shape index (κ3) is 2.55. The lowest BCUT2D eigenvalue weighted by atomic mass is 9.91. The number of likely N-dealkylation sites (tertiary alicyclic amines) is 1. The molecule has 1 aliphatic carbocycles. The van der Waals surface area contributed by atoms with Gasteiger partial charge in [-0.25, -0.2) is 4.79 Å². The van der Waals surface area contributed by atoms with Crippen LogP contribution in [0.15, 0.2) is 0 Å². The first-order valence-electron chi connectivity index (χ1n) is 7.83. The third-order valence-corrected chi connectivity index (χ3v) is 4.93. The molecule has 7 heteroatoms. The van der Waals surface area contributed by atoms with Crippen LogP contribution in [0.4, 0.5) is 0 Å². The second kappa shape index (κ2) is 5.49. The van der Waals surface area contributed by atoms with Gasteiger partial charge in [0.15, 0.2) is 11.4 Å². The normalized spacial score (nSPS) is 20.3. The maximum absolute atomic E-state index is 12.7. The molecule has 124 valence electrons. The Labute approximate surface area is 133 Å². The van der Waals surface area contributed by atoms with E-state index in [1.165, 1.54) is 4.90 Å². The highest BCUT2D eigenvalue weighted by atomic mass is 16.4. The molecule has 2 heterocycles. The molecule has 0 atom stereocenters. The summed E-state index contributed by atoms with van der Waals surface area (Å²) < 4.78 is 0. The number of piperidine rings is 1. The molecular formula is C16H20N2O5. The van der Waals surface area contributed by atoms with E-state index in [4.69, 9.17) is 5.11 Å². The first-order valence-corrected chi connectivity index (χ1v) is 7.83. The van der Waals surface area contributed by atoms with Gasteiger partial charge in [-0.15, -0.1) is 0 Å². The Bertz CT molecular complexity index is 683. The minimum absolute atomic E-state index is 0.00642. The number of Topliss-reactive ketones (excluding diaryl/α,β-unsaturated/α-hetero) is 1. The SMILES string of the molecule is Cc1c(C(=O)N2CCC(O)(C(=O)O)CC2)[nH]c2c1C(=O)CCC2. The number of amides is 1. The molecule has 1 amide bonds. The van der Waals surface area contributed by atoms with Gasteiger partial charge in [-0.1, -0.05) is 0 Å². The topological polar surface area (TPSA) is 111 Å². The number of H-pyrrole nitrogens is 1. The fraction of sp³-hybridized carbons (Fsp3) is 0.562. The van der Waals surface area contributed by atoms with Gasteiger partial charge in [0.25, 0.3) is 5.91 Å². The van der Waals surface area contributed by atoms with Gasteiger partial charge in [-0.05, 0) is 25.3 Å². The Kier molecular flexibility index (Phi) is 3.75. The minimum atomic E-state index is -1.75. The van der Waals surface area contributed by atoms with Gasteiger partial charge < -0.3 is 20.1 Å². The average molecular weight is 320 g/mol. The van der Waals surface area contributed by atoms with Crippen LogP contribution in [0.1, 0.15) is 57.8 Å². The second-order valence-electron chi connectivity index (χ2n) is 6.38. The molecule has 1 aromatic heterocycles. The summed E-state index contributed by atoms with van der Waals surface area (Å²) in [5, 5.41) is 19.0. The molecule has 1 fully saturated rings. The van der Waals surface area contributed by atoms with Crippen molar-refractivity contribution in [2.24, 2.45) is 0 Å². The van der Waals surface area contributed by atoms with Gasteiger partial charge in [0.1, 0.15) is 5.69 Å². The molecule has 1 aliphatic heterocycles. The van der Waals surface area contributed by atoms with Crippen LogP contribution >= 0.6 is 0 Å². The number of nitrogens with zero attached hydrogens (tertiary/aromatic N) is 1. The molecule has 0 radical (unpaired) electrons. The number of aromatic amines is 1. The monoisotopic (exact) mass is 320 g/mol. The van der Waals surface area contributed by atoms with Crippen molar-refractivity contribution in [3.05, 3.63) is 22.5 Å². The number of carboxylic acid groups (broad SMARTS) is 1. The van der Waals surface area contributed by atoms with E-state index >= 15 is 0 Å². The zero-order valence-corrected chi connectivity index (χ0v) is 13.0. The van der Waals surface area contributed by atoms with E-state index in [2.05, 4.69) is 4.98 Å². The number of carboxylic acids is 1. The first kappa shape index (κ1) is 15.7. The average Bonchev–Trinajstić information content (AvgIpc) is 2.85. The van der Waals surface area contributed by atoms with Crippen molar-refractivity contribution >= 4 is 17.7 Å². The fourth-order valence-corrected chi connectivity index (χ4v) is 3.44. The van der Waals surface area contributed by atoms with Crippen LogP contribution in [-0.4, -0.2) is 56.4 Å². The highest BCUT2D eigenvalue weighted by Crippen LogP contribution is 2.29. The lowest BCUT2D eigenvalue weighted by Gasteiger charge is -2.35. The van der Waals surface area contributed by atoms with Crippen LogP contribution in [0, 0.1) is 6.92 Å². The predicted molar refractivity (Wildman–Crippen MR) is 80.5 cm³/mol. The summed E-state index contributed by atoms with van der Waals surface area (Å²) in [6, 6.07) is 0. The third-order valence-electron chi connectivity index (χ3n) is 4.93. The Morgan fingerprint density at radius 1 is 1.22 bits per heavy atom. The number of carbonyl (C=O) groups excluding carboxylic acids is 2. The summed E-state index contributed by atoms with van der Waals surface area (Å²) in [5.41, 5.74) is 0.788. The molecule has 23 heavy (non-hydrogen) atoms. The summed E-state index contributed by atoms with van der Waals surface area (Å²) in [6.45, 7) is 2.13. The highest BCUT2D eigenvalue weighted by molar-refractivity contribution is 6.04. The Balaban J connectivity index is 1.80. The number of aliphatic hydroxyl groups is 1. The Morgan fingerprint density at radius 3 is 2.43 bits per heavy atom. The molecule has 2 aliphatic rings. The lowest BCUT2D eigenvalue weighted by molar-refractivity contribution is -0.162. The van der Waals surface area contributed by atoms with Gasteiger partial charge >= 0.3 is 5.97 Å². The van der Waals surface area contributed by atoms with E-state index in [1.54, 1.807) is 6.92 Å². The smallest absolute Gasteiger partial charge is 0.335 e. The molecule has 0 aromatic carbocycles. The fourth-order valence-electron chi connectivity index (χ4n) is 3.44. The van der Waals surface area contributed by atoms with Crippen molar-refractivity contribution in [3.8, 4) is 0 Å². The number of ketones is 1. The van der Waals surface area contributed by atoms with E-state index in [1.807, 2.05) is 0 Å². The number of aryl methyl sites for hydroxylation is 1. The molecule has 7 nitrogen and oxygen atoms in total. The number of rotatable bonds is 2. The summed E-state index contributed by atoms with van der Waals surface area (Å²) >= 11 is 0. The van der Waals surface area contributed by atoms with Crippen molar-refractivity contribution in [1.82, 2.24) is 9.88 Å². The summed E-state index contributed by atoms with van der Waals surface area (Å²) in [4.78, 5) is 40.4.